The first kappa shape index (κ1) is 23.5. The van der Waals surface area contributed by atoms with Crippen molar-refractivity contribution in [2.24, 2.45) is 0 Å². The van der Waals surface area contributed by atoms with Gasteiger partial charge in [-0.2, -0.15) is 0 Å². The van der Waals surface area contributed by atoms with Gasteiger partial charge >= 0.3 is 0 Å². The molecule has 2 aromatic carbocycles. The second-order valence-corrected chi connectivity index (χ2v) is 8.86. The molecule has 168 valence electrons. The lowest BCUT2D eigenvalue weighted by atomic mass is 9.94. The molecular weight excluding hydrogens is 384 g/mol. The zero-order chi connectivity index (χ0) is 22.1. The van der Waals surface area contributed by atoms with Crippen molar-refractivity contribution in [1.82, 2.24) is 10.2 Å². The van der Waals surface area contributed by atoms with Gasteiger partial charge in [0.25, 0.3) is 0 Å². The summed E-state index contributed by atoms with van der Waals surface area (Å²) < 4.78 is 0. The summed E-state index contributed by atoms with van der Waals surface area (Å²) >= 11 is 0. The zero-order valence-corrected chi connectivity index (χ0v) is 19.1. The number of unbranched alkanes of at least 4 members (excludes halogenated alkanes) is 2. The molecule has 1 fully saturated rings. The molecule has 1 unspecified atom stereocenters. The lowest BCUT2D eigenvalue weighted by Crippen LogP contribution is -2.53. The summed E-state index contributed by atoms with van der Waals surface area (Å²) in [6.45, 7) is 4.97. The first-order valence-electron chi connectivity index (χ1n) is 11.9. The molecule has 2 N–H and O–H groups in total. The first-order valence-corrected chi connectivity index (χ1v) is 11.9. The van der Waals surface area contributed by atoms with Crippen LogP contribution in [-0.2, 0) is 17.8 Å². The Balaban J connectivity index is 1.81. The van der Waals surface area contributed by atoms with E-state index in [1.807, 2.05) is 41.3 Å². The summed E-state index contributed by atoms with van der Waals surface area (Å²) in [7, 11) is 0. The van der Waals surface area contributed by atoms with Crippen molar-refractivity contribution >= 4 is 5.91 Å². The molecule has 1 aliphatic heterocycles. The van der Waals surface area contributed by atoms with E-state index >= 15 is 0 Å². The van der Waals surface area contributed by atoms with Crippen molar-refractivity contribution in [3.8, 4) is 0 Å². The molecule has 1 heterocycles. The monoisotopic (exact) mass is 422 g/mol. The predicted molar refractivity (Wildman–Crippen MR) is 126 cm³/mol. The number of rotatable bonds is 12. The predicted octanol–water partition coefficient (Wildman–Crippen LogP) is 5.06. The van der Waals surface area contributed by atoms with E-state index in [1.165, 1.54) is 5.56 Å². The largest absolute Gasteiger partial charge is 0.391 e. The topological polar surface area (TPSA) is 52.6 Å². The van der Waals surface area contributed by atoms with Crippen LogP contribution in [0.5, 0.6) is 0 Å². The van der Waals surface area contributed by atoms with Crippen LogP contribution in [0.15, 0.2) is 60.7 Å². The van der Waals surface area contributed by atoms with Crippen LogP contribution in [0.3, 0.4) is 0 Å². The van der Waals surface area contributed by atoms with Crippen LogP contribution in [0, 0.1) is 0 Å². The van der Waals surface area contributed by atoms with Crippen LogP contribution in [-0.4, -0.2) is 33.7 Å². The van der Waals surface area contributed by atoms with Crippen LogP contribution in [0.4, 0.5) is 0 Å². The van der Waals surface area contributed by atoms with E-state index in [0.717, 1.165) is 50.5 Å². The fourth-order valence-corrected chi connectivity index (χ4v) is 4.67. The third kappa shape index (κ3) is 5.96. The van der Waals surface area contributed by atoms with E-state index in [9.17, 15) is 9.90 Å². The lowest BCUT2D eigenvalue weighted by molar-refractivity contribution is -0.135. The molecule has 4 heteroatoms. The van der Waals surface area contributed by atoms with Gasteiger partial charge < -0.3 is 10.0 Å². The minimum atomic E-state index is -0.698. The Bertz CT molecular complexity index is 785. The quantitative estimate of drug-likeness (QED) is 0.503. The van der Waals surface area contributed by atoms with Crippen LogP contribution in [0.2, 0.25) is 0 Å². The highest BCUT2D eigenvalue weighted by molar-refractivity contribution is 5.85. The van der Waals surface area contributed by atoms with Crippen LogP contribution < -0.4 is 5.32 Å². The number of aliphatic hydroxyl groups excluding tert-OH is 1. The highest BCUT2D eigenvalue weighted by Gasteiger charge is 2.51. The SMILES string of the molecule is CCCCC1(CCCC)NC([C@H](O)CCc2ccccc2)C(=O)N1Cc1ccccc1. The lowest BCUT2D eigenvalue weighted by Gasteiger charge is -2.39. The summed E-state index contributed by atoms with van der Waals surface area (Å²) in [6, 6.07) is 19.9. The highest BCUT2D eigenvalue weighted by Crippen LogP contribution is 2.35. The van der Waals surface area contributed by atoms with E-state index in [0.29, 0.717) is 13.0 Å². The fraction of sp³-hybridized carbons (Fsp3) is 0.519. The number of aryl methyl sites for hydroxylation is 1. The Kier molecular flexibility index (Phi) is 8.68. The molecule has 2 aromatic rings. The summed E-state index contributed by atoms with van der Waals surface area (Å²) in [5.41, 5.74) is 1.95. The number of hydrogen-bond acceptors (Lipinski definition) is 3. The molecule has 0 aliphatic carbocycles. The maximum atomic E-state index is 13.6. The first-order chi connectivity index (χ1) is 15.1. The van der Waals surface area contributed by atoms with Crippen molar-refractivity contribution in [2.75, 3.05) is 0 Å². The van der Waals surface area contributed by atoms with Gasteiger partial charge in [0.2, 0.25) is 5.91 Å². The van der Waals surface area contributed by atoms with E-state index < -0.39 is 12.1 Å². The Morgan fingerprint density at radius 1 is 0.935 bits per heavy atom. The van der Waals surface area contributed by atoms with Gasteiger partial charge in [-0.05, 0) is 36.8 Å². The average molecular weight is 423 g/mol. The zero-order valence-electron chi connectivity index (χ0n) is 19.1. The Hall–Kier alpha value is -2.17. The molecular formula is C27H38N2O2. The third-order valence-electron chi connectivity index (χ3n) is 6.50. The van der Waals surface area contributed by atoms with E-state index in [1.54, 1.807) is 0 Å². The number of nitrogens with one attached hydrogen (secondary N) is 1. The normalized spacial score (nSPS) is 19.0. The van der Waals surface area contributed by atoms with Gasteiger partial charge in [0, 0.05) is 6.54 Å². The molecule has 0 aromatic heterocycles. The summed E-state index contributed by atoms with van der Waals surface area (Å²) in [4.78, 5) is 15.6. The maximum absolute atomic E-state index is 13.6. The van der Waals surface area contributed by atoms with Gasteiger partial charge in [0.05, 0.1) is 11.8 Å². The Labute approximate surface area is 187 Å². The Morgan fingerprint density at radius 2 is 1.48 bits per heavy atom. The number of hydrogen-bond donors (Lipinski definition) is 2. The number of nitrogens with zero attached hydrogens (tertiary/aromatic N) is 1. The molecule has 1 saturated heterocycles. The van der Waals surface area contributed by atoms with Gasteiger partial charge in [-0.15, -0.1) is 0 Å². The maximum Gasteiger partial charge on any atom is 0.244 e. The second-order valence-electron chi connectivity index (χ2n) is 8.86. The molecule has 4 nitrogen and oxygen atoms in total. The summed E-state index contributed by atoms with van der Waals surface area (Å²) in [6.07, 6.45) is 6.77. The molecule has 0 bridgehead atoms. The van der Waals surface area contributed by atoms with E-state index in [4.69, 9.17) is 0 Å². The van der Waals surface area contributed by atoms with Gasteiger partial charge in [0.15, 0.2) is 0 Å². The van der Waals surface area contributed by atoms with Gasteiger partial charge in [0.1, 0.15) is 6.04 Å². The van der Waals surface area contributed by atoms with Crippen molar-refractivity contribution < 1.29 is 9.90 Å². The number of benzene rings is 2. The third-order valence-corrected chi connectivity index (χ3v) is 6.50. The van der Waals surface area contributed by atoms with Crippen LogP contribution in [0.1, 0.15) is 69.9 Å². The molecule has 1 amide bonds. The Morgan fingerprint density at radius 3 is 2.03 bits per heavy atom. The molecule has 0 radical (unpaired) electrons. The molecule has 31 heavy (non-hydrogen) atoms. The standard InChI is InChI=1S/C27H38N2O2/c1-3-5-19-27(20-6-4-2)28-25(24(30)18-17-22-13-9-7-10-14-22)26(31)29(27)21-23-15-11-8-12-16-23/h7-16,24-25,28,30H,3-6,17-21H2,1-2H3/t24-,25?/m1/s1. The average Bonchev–Trinajstić information content (AvgIpc) is 3.08. The molecule has 2 atom stereocenters. The number of amides is 1. The van der Waals surface area contributed by atoms with Crippen LogP contribution in [0.25, 0.3) is 0 Å². The van der Waals surface area contributed by atoms with Crippen LogP contribution >= 0.6 is 0 Å². The second kappa shape index (κ2) is 11.4. The van der Waals surface area contributed by atoms with Gasteiger partial charge in [-0.3, -0.25) is 10.1 Å². The smallest absolute Gasteiger partial charge is 0.244 e. The summed E-state index contributed by atoms with van der Waals surface area (Å²) in [5, 5.41) is 14.7. The van der Waals surface area contributed by atoms with Gasteiger partial charge in [-0.25, -0.2) is 0 Å². The number of carbonyl (C=O) groups excluding carboxylic acids is 1. The van der Waals surface area contributed by atoms with Crippen molar-refractivity contribution in [3.63, 3.8) is 0 Å². The van der Waals surface area contributed by atoms with Crippen molar-refractivity contribution in [3.05, 3.63) is 71.8 Å². The van der Waals surface area contributed by atoms with Crippen molar-refractivity contribution in [2.45, 2.75) is 89.6 Å². The molecule has 1 aliphatic rings. The minimum Gasteiger partial charge on any atom is -0.391 e. The fourth-order valence-electron chi connectivity index (χ4n) is 4.67. The van der Waals surface area contributed by atoms with E-state index in [2.05, 4.69) is 43.4 Å². The van der Waals surface area contributed by atoms with E-state index in [-0.39, 0.29) is 11.6 Å². The van der Waals surface area contributed by atoms with Gasteiger partial charge in [-0.1, -0.05) is 100 Å². The summed E-state index contributed by atoms with van der Waals surface area (Å²) in [5.74, 6) is 0.0385. The number of carbonyl (C=O) groups is 1. The number of aliphatic hydroxyl groups is 1. The van der Waals surface area contributed by atoms with Crippen molar-refractivity contribution in [1.29, 1.82) is 0 Å². The molecule has 0 saturated carbocycles. The highest BCUT2D eigenvalue weighted by atomic mass is 16.3. The molecule has 3 rings (SSSR count). The molecule has 0 spiro atoms. The minimum absolute atomic E-state index is 0.0385.